The summed E-state index contributed by atoms with van der Waals surface area (Å²) in [6.45, 7) is 6.89. The van der Waals surface area contributed by atoms with Crippen LogP contribution < -0.4 is 0 Å². The molecule has 0 atom stereocenters. The van der Waals surface area contributed by atoms with Crippen LogP contribution in [-0.4, -0.2) is 19.5 Å². The maximum absolute atomic E-state index is 6.99. The topological polar surface area (TPSA) is 56.7 Å². The van der Waals surface area contributed by atoms with Crippen molar-refractivity contribution in [1.29, 1.82) is 0 Å². The largest absolute Gasteiger partial charge is 0.454 e. The smallest absolute Gasteiger partial charge is 0.165 e. The molecule has 10 aromatic rings. The average molecular weight is 695 g/mol. The fraction of sp³-hybridized carbons (Fsp3) is 0.0816. The standard InChI is InChI=1S/C49H34N4O/c1-29-28-39(53-38-24-14-11-21-33(38)35-27-26-34-32-20-10-13-23-37(32)49(2,3)43(34)44(35)53)45-42(36-22-12-15-25-40(36)54-45)41(29)48-51-46(30-16-6-4-7-17-30)50-47(52-48)31-18-8-5-9-19-31/h4-28H,1-3H3. The van der Waals surface area contributed by atoms with E-state index in [1.54, 1.807) is 0 Å². The molecule has 11 rings (SSSR count). The van der Waals surface area contributed by atoms with Gasteiger partial charge in [0.1, 0.15) is 5.58 Å². The second-order valence-electron chi connectivity index (χ2n) is 14.8. The summed E-state index contributed by atoms with van der Waals surface area (Å²) in [6, 6.07) is 53.1. The molecule has 0 fully saturated rings. The van der Waals surface area contributed by atoms with Crippen molar-refractivity contribution in [2.75, 3.05) is 0 Å². The van der Waals surface area contributed by atoms with Crippen LogP contribution in [0.5, 0.6) is 0 Å². The number of nitrogens with zero attached hydrogens (tertiary/aromatic N) is 4. The number of hydrogen-bond acceptors (Lipinski definition) is 4. The highest BCUT2D eigenvalue weighted by Crippen LogP contribution is 2.53. The molecule has 1 aliphatic rings. The lowest BCUT2D eigenvalue weighted by molar-refractivity contribution is 0.660. The van der Waals surface area contributed by atoms with E-state index in [2.05, 4.69) is 110 Å². The lowest BCUT2D eigenvalue weighted by Crippen LogP contribution is -2.16. The molecule has 54 heavy (non-hydrogen) atoms. The van der Waals surface area contributed by atoms with Gasteiger partial charge in [0.25, 0.3) is 0 Å². The van der Waals surface area contributed by atoms with Crippen molar-refractivity contribution in [3.8, 4) is 51.0 Å². The molecule has 256 valence electrons. The molecule has 0 bridgehead atoms. The summed E-state index contributed by atoms with van der Waals surface area (Å²) in [5.74, 6) is 1.87. The van der Waals surface area contributed by atoms with Gasteiger partial charge >= 0.3 is 0 Å². The summed E-state index contributed by atoms with van der Waals surface area (Å²) < 4.78 is 9.45. The molecular formula is C49H34N4O. The Morgan fingerprint density at radius 2 is 1.17 bits per heavy atom. The van der Waals surface area contributed by atoms with Gasteiger partial charge in [-0.3, -0.25) is 0 Å². The molecule has 5 heteroatoms. The predicted molar refractivity (Wildman–Crippen MR) is 220 cm³/mol. The van der Waals surface area contributed by atoms with E-state index < -0.39 is 0 Å². The molecular weight excluding hydrogens is 661 g/mol. The van der Waals surface area contributed by atoms with Gasteiger partial charge in [-0.1, -0.05) is 147 Å². The Labute approximate surface area is 312 Å². The highest BCUT2D eigenvalue weighted by atomic mass is 16.3. The van der Waals surface area contributed by atoms with E-state index in [1.165, 1.54) is 38.5 Å². The molecule has 5 nitrogen and oxygen atoms in total. The van der Waals surface area contributed by atoms with Crippen molar-refractivity contribution < 1.29 is 4.42 Å². The minimum absolute atomic E-state index is 0.216. The summed E-state index contributed by atoms with van der Waals surface area (Å²) in [7, 11) is 0. The maximum Gasteiger partial charge on any atom is 0.165 e. The van der Waals surface area contributed by atoms with E-state index in [1.807, 2.05) is 66.7 Å². The van der Waals surface area contributed by atoms with E-state index in [9.17, 15) is 0 Å². The summed E-state index contributed by atoms with van der Waals surface area (Å²) in [5, 5.41) is 4.46. The predicted octanol–water partition coefficient (Wildman–Crippen LogP) is 12.5. The Morgan fingerprint density at radius 1 is 0.556 bits per heavy atom. The van der Waals surface area contributed by atoms with Crippen molar-refractivity contribution in [2.24, 2.45) is 0 Å². The second-order valence-corrected chi connectivity index (χ2v) is 14.8. The molecule has 3 heterocycles. The Morgan fingerprint density at radius 3 is 1.91 bits per heavy atom. The molecule has 0 radical (unpaired) electrons. The van der Waals surface area contributed by atoms with Crippen molar-refractivity contribution in [3.05, 3.63) is 168 Å². The first kappa shape index (κ1) is 30.7. The lowest BCUT2D eigenvalue weighted by Gasteiger charge is -2.24. The summed E-state index contributed by atoms with van der Waals surface area (Å²) >= 11 is 0. The van der Waals surface area contributed by atoms with Gasteiger partial charge in [0, 0.05) is 43.7 Å². The fourth-order valence-electron chi connectivity index (χ4n) is 8.95. The number of rotatable bonds is 4. The van der Waals surface area contributed by atoms with Crippen LogP contribution >= 0.6 is 0 Å². The van der Waals surface area contributed by atoms with Crippen LogP contribution in [-0.2, 0) is 5.41 Å². The van der Waals surface area contributed by atoms with Gasteiger partial charge in [0.05, 0.1) is 16.7 Å². The molecule has 0 aliphatic heterocycles. The molecule has 0 saturated heterocycles. The Bertz CT molecular complexity index is 3080. The number of fused-ring (bicyclic) bond motifs is 10. The average Bonchev–Trinajstić information content (AvgIpc) is 3.84. The zero-order chi connectivity index (χ0) is 36.1. The number of para-hydroxylation sites is 2. The van der Waals surface area contributed by atoms with Crippen molar-refractivity contribution in [1.82, 2.24) is 19.5 Å². The van der Waals surface area contributed by atoms with Crippen LogP contribution in [0.3, 0.4) is 0 Å². The molecule has 0 saturated carbocycles. The van der Waals surface area contributed by atoms with Crippen LogP contribution in [0.2, 0.25) is 0 Å². The van der Waals surface area contributed by atoms with Gasteiger partial charge < -0.3 is 8.98 Å². The third-order valence-corrected chi connectivity index (χ3v) is 11.3. The Kier molecular flexibility index (Phi) is 6.45. The number of aromatic nitrogens is 4. The van der Waals surface area contributed by atoms with E-state index in [-0.39, 0.29) is 5.41 Å². The van der Waals surface area contributed by atoms with E-state index >= 15 is 0 Å². The molecule has 7 aromatic carbocycles. The van der Waals surface area contributed by atoms with Crippen LogP contribution in [0.4, 0.5) is 0 Å². The molecule has 0 unspecified atom stereocenters. The number of benzene rings is 7. The van der Waals surface area contributed by atoms with Crippen LogP contribution in [0.15, 0.2) is 156 Å². The van der Waals surface area contributed by atoms with E-state index in [4.69, 9.17) is 19.4 Å². The highest BCUT2D eigenvalue weighted by molar-refractivity contribution is 6.18. The van der Waals surface area contributed by atoms with Gasteiger partial charge in [0.2, 0.25) is 0 Å². The van der Waals surface area contributed by atoms with Crippen molar-refractivity contribution in [2.45, 2.75) is 26.2 Å². The number of aryl methyl sites for hydroxylation is 1. The van der Waals surface area contributed by atoms with Gasteiger partial charge in [-0.25, -0.2) is 15.0 Å². The monoisotopic (exact) mass is 694 g/mol. The normalized spacial score (nSPS) is 13.2. The second kappa shape index (κ2) is 11.3. The highest BCUT2D eigenvalue weighted by Gasteiger charge is 2.38. The minimum Gasteiger partial charge on any atom is -0.454 e. The third kappa shape index (κ3) is 4.29. The van der Waals surface area contributed by atoms with Gasteiger partial charge in [-0.2, -0.15) is 0 Å². The third-order valence-electron chi connectivity index (χ3n) is 11.3. The first-order chi connectivity index (χ1) is 26.5. The quantitative estimate of drug-likeness (QED) is 0.184. The van der Waals surface area contributed by atoms with E-state index in [0.717, 1.165) is 55.4 Å². The zero-order valence-corrected chi connectivity index (χ0v) is 30.1. The van der Waals surface area contributed by atoms with Crippen molar-refractivity contribution in [3.63, 3.8) is 0 Å². The molecule has 0 amide bonds. The first-order valence-corrected chi connectivity index (χ1v) is 18.5. The molecule has 0 N–H and O–H groups in total. The minimum atomic E-state index is -0.216. The van der Waals surface area contributed by atoms with Gasteiger partial charge in [-0.15, -0.1) is 0 Å². The maximum atomic E-state index is 6.99. The molecule has 0 spiro atoms. The molecule has 3 aromatic heterocycles. The Hall–Kier alpha value is -6.85. The van der Waals surface area contributed by atoms with E-state index in [0.29, 0.717) is 17.5 Å². The number of hydrogen-bond donors (Lipinski definition) is 0. The van der Waals surface area contributed by atoms with Crippen LogP contribution in [0.25, 0.3) is 94.7 Å². The van der Waals surface area contributed by atoms with Gasteiger partial charge in [0.15, 0.2) is 23.1 Å². The van der Waals surface area contributed by atoms with Crippen LogP contribution in [0, 0.1) is 6.92 Å². The van der Waals surface area contributed by atoms with Gasteiger partial charge in [-0.05, 0) is 52.9 Å². The summed E-state index contributed by atoms with van der Waals surface area (Å²) in [6.07, 6.45) is 0. The van der Waals surface area contributed by atoms with Crippen molar-refractivity contribution >= 4 is 43.7 Å². The lowest BCUT2D eigenvalue weighted by atomic mass is 9.81. The number of furan rings is 1. The Balaban J connectivity index is 1.27. The van der Waals surface area contributed by atoms with Crippen LogP contribution in [0.1, 0.15) is 30.5 Å². The SMILES string of the molecule is Cc1cc(-n2c3ccccc3c3ccc4c(c32)C(C)(C)c2ccccc2-4)c2oc3ccccc3c2c1-c1nc(-c2ccccc2)nc(-c2ccccc2)n1. The molecule has 1 aliphatic carbocycles. The summed E-state index contributed by atoms with van der Waals surface area (Å²) in [4.78, 5) is 15.4. The first-order valence-electron chi connectivity index (χ1n) is 18.5. The fourth-order valence-corrected chi connectivity index (χ4v) is 8.95. The summed E-state index contributed by atoms with van der Waals surface area (Å²) in [5.41, 5.74) is 13.9. The zero-order valence-electron chi connectivity index (χ0n) is 30.1.